The molecular formula is C33H33Cl3N6O6S. The Bertz CT molecular complexity index is 1820. The highest BCUT2D eigenvalue weighted by Gasteiger charge is 2.36. The van der Waals surface area contributed by atoms with E-state index in [1.165, 1.54) is 37.1 Å². The molecule has 0 radical (unpaired) electrons. The topological polar surface area (TPSA) is 150 Å². The summed E-state index contributed by atoms with van der Waals surface area (Å²) in [4.78, 5) is 49.6. The van der Waals surface area contributed by atoms with Gasteiger partial charge < -0.3 is 20.2 Å². The number of nitrogens with zero attached hydrogens (tertiary/aromatic N) is 2. The minimum atomic E-state index is -0.769. The molecule has 258 valence electrons. The third-order valence-electron chi connectivity index (χ3n) is 7.08. The number of nitrogens with one attached hydrogen (secondary N) is 4. The number of amidine groups is 1. The summed E-state index contributed by atoms with van der Waals surface area (Å²) in [5, 5.41) is 9.43. The molecule has 2 atom stereocenters. The Morgan fingerprint density at radius 3 is 2.37 bits per heavy atom. The fourth-order valence-corrected chi connectivity index (χ4v) is 6.13. The summed E-state index contributed by atoms with van der Waals surface area (Å²) in [6.45, 7) is 7.16. The second-order valence-electron chi connectivity index (χ2n) is 10.8. The van der Waals surface area contributed by atoms with Gasteiger partial charge in [0.05, 0.1) is 28.8 Å². The van der Waals surface area contributed by atoms with Gasteiger partial charge in [0.15, 0.2) is 6.10 Å². The summed E-state index contributed by atoms with van der Waals surface area (Å²) in [7, 11) is 1.37. The highest BCUT2D eigenvalue weighted by atomic mass is 35.5. The number of carbonyl (C=O) groups excluding carboxylic acids is 4. The second kappa shape index (κ2) is 16.9. The molecule has 5 rings (SSSR count). The number of Topliss-reactive ketones (excluding diaryl/α,β-unsaturated/α-hetero) is 1. The van der Waals surface area contributed by atoms with Crippen LogP contribution in [0.1, 0.15) is 45.7 Å². The number of aryl methyl sites for hydroxylation is 2. The Labute approximate surface area is 302 Å². The van der Waals surface area contributed by atoms with Crippen molar-refractivity contribution in [3.05, 3.63) is 103 Å². The monoisotopic (exact) mass is 746 g/mol. The van der Waals surface area contributed by atoms with E-state index in [1.807, 2.05) is 32.0 Å². The van der Waals surface area contributed by atoms with Crippen molar-refractivity contribution in [2.24, 2.45) is 11.0 Å². The SMILES string of the molecule is COC(=O)CSC1=CNNN1.Cc1ccc(OC(C)C(=O)c2cccc(C(=O)NC3=NN(c4c(Cl)cc(Cl)cc4Cl)C(=O)C3C)c2)c(C)c1. The van der Waals surface area contributed by atoms with E-state index in [0.717, 1.165) is 21.2 Å². The Balaban J connectivity index is 0.000000418. The first kappa shape index (κ1) is 37.5. The number of methoxy groups -OCH3 is 1. The van der Waals surface area contributed by atoms with Crippen LogP contribution in [0.2, 0.25) is 15.1 Å². The molecule has 49 heavy (non-hydrogen) atoms. The number of halogens is 3. The zero-order valence-corrected chi connectivity index (χ0v) is 30.1. The lowest BCUT2D eigenvalue weighted by atomic mass is 10.0. The number of anilines is 1. The van der Waals surface area contributed by atoms with Crippen LogP contribution in [-0.4, -0.2) is 48.4 Å². The second-order valence-corrected chi connectivity index (χ2v) is 13.0. The van der Waals surface area contributed by atoms with Crippen molar-refractivity contribution in [1.82, 2.24) is 21.7 Å². The van der Waals surface area contributed by atoms with Crippen molar-refractivity contribution in [3.8, 4) is 5.75 Å². The van der Waals surface area contributed by atoms with Crippen LogP contribution in [0.15, 0.2) is 70.9 Å². The van der Waals surface area contributed by atoms with Crippen molar-refractivity contribution < 1.29 is 28.7 Å². The molecule has 0 aromatic heterocycles. The van der Waals surface area contributed by atoms with Crippen LogP contribution in [0, 0.1) is 19.8 Å². The number of amides is 2. The molecule has 0 fully saturated rings. The molecular weight excluding hydrogens is 715 g/mol. The molecule has 4 N–H and O–H groups in total. The van der Waals surface area contributed by atoms with Gasteiger partial charge in [0.2, 0.25) is 5.78 Å². The molecule has 2 heterocycles. The summed E-state index contributed by atoms with van der Waals surface area (Å²) < 4.78 is 10.3. The van der Waals surface area contributed by atoms with E-state index in [2.05, 4.69) is 31.5 Å². The Morgan fingerprint density at radius 1 is 1.04 bits per heavy atom. The first-order chi connectivity index (χ1) is 23.3. The first-order valence-electron chi connectivity index (χ1n) is 14.7. The number of ether oxygens (including phenoxy) is 2. The zero-order chi connectivity index (χ0) is 35.8. The maximum Gasteiger partial charge on any atom is 0.316 e. The summed E-state index contributed by atoms with van der Waals surface area (Å²) in [5.74, 6) is -1.18. The summed E-state index contributed by atoms with van der Waals surface area (Å²) in [6.07, 6.45) is 0.960. The molecule has 3 aromatic rings. The molecule has 0 saturated heterocycles. The van der Waals surface area contributed by atoms with E-state index in [1.54, 1.807) is 38.2 Å². The number of carbonyl (C=O) groups is 4. The Kier molecular flexibility index (Phi) is 13.0. The number of hydrogen-bond acceptors (Lipinski definition) is 11. The third kappa shape index (κ3) is 9.67. The average molecular weight is 748 g/mol. The number of esters is 1. The van der Waals surface area contributed by atoms with Gasteiger partial charge >= 0.3 is 5.97 Å². The summed E-state index contributed by atoms with van der Waals surface area (Å²) in [6, 6.07) is 14.9. The van der Waals surface area contributed by atoms with E-state index >= 15 is 0 Å². The highest BCUT2D eigenvalue weighted by Crippen LogP contribution is 2.39. The van der Waals surface area contributed by atoms with Gasteiger partial charge in [-0.25, -0.2) is 0 Å². The maximum atomic E-state index is 13.1. The third-order valence-corrected chi connectivity index (χ3v) is 8.78. The van der Waals surface area contributed by atoms with Gasteiger partial charge in [0.1, 0.15) is 22.3 Å². The van der Waals surface area contributed by atoms with Crippen molar-refractivity contribution >= 4 is 81.7 Å². The van der Waals surface area contributed by atoms with Gasteiger partial charge in [-0.05, 0) is 63.6 Å². The molecule has 2 amide bonds. The molecule has 0 aliphatic carbocycles. The van der Waals surface area contributed by atoms with Crippen LogP contribution < -0.4 is 31.4 Å². The molecule has 3 aromatic carbocycles. The fourth-order valence-electron chi connectivity index (χ4n) is 4.50. The van der Waals surface area contributed by atoms with E-state index in [9.17, 15) is 19.2 Å². The van der Waals surface area contributed by atoms with E-state index in [-0.39, 0.29) is 38.9 Å². The van der Waals surface area contributed by atoms with Crippen LogP contribution in [-0.2, 0) is 14.3 Å². The van der Waals surface area contributed by atoms with Gasteiger partial charge in [-0.1, -0.05) is 76.4 Å². The molecule has 2 aliphatic heterocycles. The lowest BCUT2D eigenvalue weighted by Crippen LogP contribution is -2.35. The average Bonchev–Trinajstić information content (AvgIpc) is 3.69. The maximum absolute atomic E-state index is 13.1. The molecule has 0 bridgehead atoms. The van der Waals surface area contributed by atoms with Crippen LogP contribution in [0.3, 0.4) is 0 Å². The normalized spacial score (nSPS) is 15.6. The zero-order valence-electron chi connectivity index (χ0n) is 27.0. The van der Waals surface area contributed by atoms with E-state index < -0.39 is 23.8 Å². The van der Waals surface area contributed by atoms with Crippen LogP contribution in [0.4, 0.5) is 5.69 Å². The van der Waals surface area contributed by atoms with Gasteiger partial charge in [-0.15, -0.1) is 0 Å². The molecule has 16 heteroatoms. The lowest BCUT2D eigenvalue weighted by Gasteiger charge is -2.16. The number of hydrazone groups is 1. The Hall–Kier alpha value is -4.27. The first-order valence-corrected chi connectivity index (χ1v) is 16.8. The predicted molar refractivity (Wildman–Crippen MR) is 192 cm³/mol. The van der Waals surface area contributed by atoms with Crippen molar-refractivity contribution in [2.45, 2.75) is 33.8 Å². The van der Waals surface area contributed by atoms with Crippen LogP contribution >= 0.6 is 46.6 Å². The predicted octanol–water partition coefficient (Wildman–Crippen LogP) is 5.94. The van der Waals surface area contributed by atoms with Crippen molar-refractivity contribution in [1.29, 1.82) is 0 Å². The largest absolute Gasteiger partial charge is 0.482 e. The molecule has 12 nitrogen and oxygen atoms in total. The summed E-state index contributed by atoms with van der Waals surface area (Å²) >= 11 is 19.8. The minimum absolute atomic E-state index is 0.116. The molecule has 2 aliphatic rings. The highest BCUT2D eigenvalue weighted by molar-refractivity contribution is 8.03. The molecule has 0 spiro atoms. The molecule has 0 saturated carbocycles. The fraction of sp³-hybridized carbons (Fsp3) is 0.242. The molecule has 2 unspecified atom stereocenters. The minimum Gasteiger partial charge on any atom is -0.482 e. The van der Waals surface area contributed by atoms with E-state index in [4.69, 9.17) is 39.5 Å². The van der Waals surface area contributed by atoms with E-state index in [0.29, 0.717) is 22.1 Å². The van der Waals surface area contributed by atoms with Gasteiger partial charge in [0.25, 0.3) is 11.8 Å². The van der Waals surface area contributed by atoms with Crippen LogP contribution in [0.25, 0.3) is 0 Å². The van der Waals surface area contributed by atoms with Gasteiger partial charge in [0, 0.05) is 22.3 Å². The number of thioether (sulfide) groups is 1. The number of benzene rings is 3. The lowest BCUT2D eigenvalue weighted by molar-refractivity contribution is -0.137. The quantitative estimate of drug-likeness (QED) is 0.153. The standard InChI is InChI=1S/C28H24Cl3N3O4.C5H9N3O2S/c1-14-8-9-23(15(2)10-14)38-17(4)25(35)18-6-5-7-19(11-18)27(36)32-26-16(3)28(37)34(33-26)24-21(30)12-20(29)13-22(24)31;1-10-5(9)3-11-4-2-6-8-7-4/h5-13,16-17H,1-4H3,(H,32,33,36);2,6-8H,3H2,1H3. The number of hydrazine groups is 2. The Morgan fingerprint density at radius 2 is 1.73 bits per heavy atom. The van der Waals surface area contributed by atoms with Crippen molar-refractivity contribution in [3.63, 3.8) is 0 Å². The van der Waals surface area contributed by atoms with Crippen LogP contribution in [0.5, 0.6) is 5.75 Å². The number of ketones is 1. The van der Waals surface area contributed by atoms with Gasteiger partial charge in [-0.3, -0.25) is 24.6 Å². The smallest absolute Gasteiger partial charge is 0.316 e. The summed E-state index contributed by atoms with van der Waals surface area (Å²) in [5.41, 5.74) is 10.9. The number of hydrogen-bond donors (Lipinski definition) is 4. The van der Waals surface area contributed by atoms with Crippen molar-refractivity contribution in [2.75, 3.05) is 17.9 Å². The van der Waals surface area contributed by atoms with Gasteiger partial charge in [-0.2, -0.15) is 15.6 Å². The number of rotatable bonds is 9.